The summed E-state index contributed by atoms with van der Waals surface area (Å²) < 4.78 is 22.1. The van der Waals surface area contributed by atoms with Gasteiger partial charge in [0.1, 0.15) is 17.2 Å². The maximum atomic E-state index is 13.3. The van der Waals surface area contributed by atoms with E-state index in [1.54, 1.807) is 38.1 Å². The number of rotatable bonds is 17. The second-order valence-electron chi connectivity index (χ2n) is 12.8. The van der Waals surface area contributed by atoms with E-state index in [1.165, 1.54) is 17.2 Å². The number of carbonyl (C=O) groups is 3. The molecule has 1 amide bonds. The minimum Gasteiger partial charge on any atom is -0.506 e. The van der Waals surface area contributed by atoms with Gasteiger partial charge < -0.3 is 29.4 Å². The Morgan fingerprint density at radius 3 is 2.00 bits per heavy atom. The number of ether oxygens (including phenoxy) is 4. The van der Waals surface area contributed by atoms with Crippen LogP contribution in [0.5, 0.6) is 17.2 Å². The third kappa shape index (κ3) is 9.18. The van der Waals surface area contributed by atoms with Gasteiger partial charge in [0.2, 0.25) is 0 Å². The number of benzene rings is 3. The number of nitrogens with one attached hydrogen (secondary N) is 1. The molecule has 0 saturated carbocycles. The Balaban J connectivity index is 1.71. The second kappa shape index (κ2) is 16.5. The SMILES string of the molecule is CCOC(=O)C(Oc1cc(C(=O)NCCCCOc2ccc(C(C)(C)CC)cc2C(C)(C)CC)c(O)c2ccccc12)C(=O)OCC. The van der Waals surface area contributed by atoms with Crippen LogP contribution in [0.4, 0.5) is 0 Å². The van der Waals surface area contributed by atoms with Crippen LogP contribution >= 0.6 is 0 Å². The number of phenolic OH excluding ortho intramolecular Hbond substituents is 1. The van der Waals surface area contributed by atoms with E-state index in [1.807, 2.05) is 0 Å². The van der Waals surface area contributed by atoms with Crippen molar-refractivity contribution in [1.29, 1.82) is 0 Å². The number of phenols is 1. The lowest BCUT2D eigenvalue weighted by Gasteiger charge is -2.30. The molecule has 0 bridgehead atoms. The lowest BCUT2D eigenvalue weighted by atomic mass is 9.76. The van der Waals surface area contributed by atoms with E-state index < -0.39 is 23.9 Å². The maximum absolute atomic E-state index is 13.3. The molecule has 256 valence electrons. The van der Waals surface area contributed by atoms with Crippen molar-refractivity contribution in [3.05, 3.63) is 65.2 Å². The first kappa shape index (κ1) is 37.2. The minimum absolute atomic E-state index is 0.0363. The quantitative estimate of drug-likeness (QED) is 0.0883. The van der Waals surface area contributed by atoms with Crippen molar-refractivity contribution in [3.63, 3.8) is 0 Å². The molecule has 0 heterocycles. The van der Waals surface area contributed by atoms with Gasteiger partial charge in [-0.2, -0.15) is 0 Å². The number of aromatic hydroxyl groups is 1. The molecule has 2 N–H and O–H groups in total. The number of carbonyl (C=O) groups excluding carboxylic acids is 3. The first-order valence-corrected chi connectivity index (χ1v) is 16.6. The number of hydrogen-bond acceptors (Lipinski definition) is 8. The van der Waals surface area contributed by atoms with E-state index in [0.29, 0.717) is 36.8 Å². The summed E-state index contributed by atoms with van der Waals surface area (Å²) in [4.78, 5) is 38.4. The summed E-state index contributed by atoms with van der Waals surface area (Å²) in [5.41, 5.74) is 2.48. The van der Waals surface area contributed by atoms with Crippen LogP contribution in [0.15, 0.2) is 48.5 Å². The van der Waals surface area contributed by atoms with Crippen molar-refractivity contribution in [3.8, 4) is 17.2 Å². The second-order valence-corrected chi connectivity index (χ2v) is 12.8. The molecule has 3 aromatic carbocycles. The average Bonchev–Trinajstić information content (AvgIpc) is 3.06. The predicted octanol–water partition coefficient (Wildman–Crippen LogP) is 7.38. The largest absolute Gasteiger partial charge is 0.506 e. The Morgan fingerprint density at radius 2 is 1.40 bits per heavy atom. The summed E-state index contributed by atoms with van der Waals surface area (Å²) in [5.74, 6) is -1.65. The summed E-state index contributed by atoms with van der Waals surface area (Å²) in [6, 6.07) is 14.5. The van der Waals surface area contributed by atoms with Crippen molar-refractivity contribution < 1.29 is 38.4 Å². The molecule has 0 spiro atoms. The number of unbranched alkanes of at least 4 members (excludes halogenated alkanes) is 1. The summed E-state index contributed by atoms with van der Waals surface area (Å²) in [6.45, 7) is 17.5. The van der Waals surface area contributed by atoms with E-state index >= 15 is 0 Å². The van der Waals surface area contributed by atoms with Crippen LogP contribution in [0.25, 0.3) is 10.8 Å². The first-order valence-electron chi connectivity index (χ1n) is 16.6. The molecule has 3 rings (SSSR count). The third-order valence-corrected chi connectivity index (χ3v) is 8.84. The van der Waals surface area contributed by atoms with Gasteiger partial charge in [0.25, 0.3) is 12.0 Å². The zero-order valence-corrected chi connectivity index (χ0v) is 29.2. The van der Waals surface area contributed by atoms with E-state index in [9.17, 15) is 19.5 Å². The zero-order chi connectivity index (χ0) is 34.8. The maximum Gasteiger partial charge on any atom is 0.359 e. The smallest absolute Gasteiger partial charge is 0.359 e. The number of amides is 1. The summed E-state index contributed by atoms with van der Waals surface area (Å²) >= 11 is 0. The molecular formula is C38H51NO8. The fourth-order valence-corrected chi connectivity index (χ4v) is 5.06. The predicted molar refractivity (Wildman–Crippen MR) is 183 cm³/mol. The molecule has 0 saturated heterocycles. The number of hydrogen-bond donors (Lipinski definition) is 2. The molecule has 0 aliphatic carbocycles. The highest BCUT2D eigenvalue weighted by atomic mass is 16.6. The Hall–Kier alpha value is -4.27. The van der Waals surface area contributed by atoms with E-state index in [-0.39, 0.29) is 41.1 Å². The van der Waals surface area contributed by atoms with Crippen LogP contribution in [0.1, 0.15) is 103 Å². The number of fused-ring (bicyclic) bond motifs is 1. The van der Waals surface area contributed by atoms with Crippen LogP contribution in [-0.2, 0) is 29.9 Å². The van der Waals surface area contributed by atoms with E-state index in [4.69, 9.17) is 18.9 Å². The van der Waals surface area contributed by atoms with Crippen molar-refractivity contribution in [2.45, 2.75) is 98.0 Å². The molecule has 9 nitrogen and oxygen atoms in total. The highest BCUT2D eigenvalue weighted by molar-refractivity contribution is 6.06. The topological polar surface area (TPSA) is 120 Å². The Morgan fingerprint density at radius 1 is 0.787 bits per heavy atom. The molecule has 0 fully saturated rings. The highest BCUT2D eigenvalue weighted by Crippen LogP contribution is 2.39. The molecule has 47 heavy (non-hydrogen) atoms. The van der Waals surface area contributed by atoms with Gasteiger partial charge in [-0.25, -0.2) is 9.59 Å². The van der Waals surface area contributed by atoms with Crippen molar-refractivity contribution in [2.75, 3.05) is 26.4 Å². The summed E-state index contributed by atoms with van der Waals surface area (Å²) in [7, 11) is 0. The van der Waals surface area contributed by atoms with Gasteiger partial charge in [-0.05, 0) is 68.1 Å². The lowest BCUT2D eigenvalue weighted by molar-refractivity contribution is -0.166. The third-order valence-electron chi connectivity index (χ3n) is 8.84. The fraction of sp³-hybridized carbons (Fsp3) is 0.500. The zero-order valence-electron chi connectivity index (χ0n) is 29.2. The molecule has 3 aromatic rings. The molecule has 0 unspecified atom stereocenters. The molecule has 0 aromatic heterocycles. The van der Waals surface area contributed by atoms with Gasteiger partial charge in [0.15, 0.2) is 0 Å². The van der Waals surface area contributed by atoms with Gasteiger partial charge in [-0.15, -0.1) is 0 Å². The molecular weight excluding hydrogens is 598 g/mol. The average molecular weight is 650 g/mol. The minimum atomic E-state index is -1.70. The normalized spacial score (nSPS) is 11.8. The van der Waals surface area contributed by atoms with Gasteiger partial charge in [-0.1, -0.05) is 77.9 Å². The van der Waals surface area contributed by atoms with Crippen molar-refractivity contribution in [1.82, 2.24) is 5.32 Å². The van der Waals surface area contributed by atoms with Crippen molar-refractivity contribution in [2.24, 2.45) is 0 Å². The summed E-state index contributed by atoms with van der Waals surface area (Å²) in [6.07, 6.45) is 1.67. The monoisotopic (exact) mass is 649 g/mol. The van der Waals surface area contributed by atoms with Gasteiger partial charge in [0, 0.05) is 22.9 Å². The summed E-state index contributed by atoms with van der Waals surface area (Å²) in [5, 5.41) is 14.6. The van der Waals surface area contributed by atoms with Gasteiger partial charge in [0.05, 0.1) is 25.4 Å². The van der Waals surface area contributed by atoms with E-state index in [0.717, 1.165) is 18.6 Å². The molecule has 0 aliphatic heterocycles. The molecule has 0 atom stereocenters. The Bertz CT molecular complexity index is 1530. The van der Waals surface area contributed by atoms with Crippen LogP contribution in [0, 0.1) is 0 Å². The standard InChI is InChI=1S/C38H51NO8/c1-9-37(5,6)25-19-20-30(29(23-25)38(7,8)10-2)46-22-16-15-21-39-34(41)28-24-31(26-17-13-14-18-27(26)32(28)40)47-33(35(42)44-11-3)36(43)45-12-4/h13-14,17-20,23-24,33,40H,9-12,15-16,21-22H2,1-8H3,(H,39,41). The Kier molecular flexibility index (Phi) is 13.1. The molecule has 0 aliphatic rings. The fourth-order valence-electron chi connectivity index (χ4n) is 5.06. The highest BCUT2D eigenvalue weighted by Gasteiger charge is 2.33. The lowest BCUT2D eigenvalue weighted by Crippen LogP contribution is -2.38. The van der Waals surface area contributed by atoms with E-state index in [2.05, 4.69) is 65.1 Å². The van der Waals surface area contributed by atoms with Crippen LogP contribution in [0.2, 0.25) is 0 Å². The van der Waals surface area contributed by atoms with Gasteiger partial charge in [-0.3, -0.25) is 4.79 Å². The first-order chi connectivity index (χ1) is 22.3. The number of esters is 2. The van der Waals surface area contributed by atoms with Crippen LogP contribution in [0.3, 0.4) is 0 Å². The molecule has 0 radical (unpaired) electrons. The van der Waals surface area contributed by atoms with Crippen LogP contribution < -0.4 is 14.8 Å². The van der Waals surface area contributed by atoms with Crippen molar-refractivity contribution >= 4 is 28.6 Å². The Labute approximate surface area is 278 Å². The van der Waals surface area contributed by atoms with Gasteiger partial charge >= 0.3 is 11.9 Å². The van der Waals surface area contributed by atoms with Crippen LogP contribution in [-0.4, -0.2) is 55.4 Å². The molecule has 9 heteroatoms.